The van der Waals surface area contributed by atoms with Gasteiger partial charge >= 0.3 is 6.61 Å². The smallest absolute Gasteiger partial charge is 0.387 e. The number of benzene rings is 1. The lowest BCUT2D eigenvalue weighted by Crippen LogP contribution is -2.20. The van der Waals surface area contributed by atoms with Crippen molar-refractivity contribution in [3.63, 3.8) is 0 Å². The Morgan fingerprint density at radius 1 is 1.17 bits per heavy atom. The van der Waals surface area contributed by atoms with Gasteiger partial charge in [-0.25, -0.2) is 15.0 Å². The quantitative estimate of drug-likeness (QED) is 0.278. The van der Waals surface area contributed by atoms with Gasteiger partial charge < -0.3 is 9.47 Å². The summed E-state index contributed by atoms with van der Waals surface area (Å²) in [7, 11) is 0. The molecule has 7 nitrogen and oxygen atoms in total. The molecule has 0 radical (unpaired) electrons. The van der Waals surface area contributed by atoms with E-state index in [1.165, 1.54) is 18.5 Å². The summed E-state index contributed by atoms with van der Waals surface area (Å²) in [6.45, 7) is -2.54. The van der Waals surface area contributed by atoms with E-state index in [0.717, 1.165) is 19.3 Å². The second kappa shape index (κ2) is 10.3. The number of hydrogen-bond acceptors (Lipinski definition) is 6. The number of fused-ring (bicyclic) bond motifs is 1. The second-order valence-electron chi connectivity index (χ2n) is 8.31. The monoisotopic (exact) mass is 507 g/mol. The third-order valence-electron chi connectivity index (χ3n) is 5.92. The number of rotatable bonds is 8. The van der Waals surface area contributed by atoms with E-state index in [-0.39, 0.29) is 11.5 Å². The first-order valence-electron chi connectivity index (χ1n) is 11.3. The molecule has 0 amide bonds. The SMILES string of the molecule is N#Cc1ccc(-n2c(/C=C/c3cccc(OC(F)F)c3OCC3CCC3)nc3cc(Cl)cnc32)nc1. The average Bonchev–Trinajstić information content (AvgIpc) is 3.19. The summed E-state index contributed by atoms with van der Waals surface area (Å²) in [6.07, 6.45) is 9.66. The van der Waals surface area contributed by atoms with E-state index in [1.54, 1.807) is 47.1 Å². The molecule has 0 unspecified atom stereocenters. The van der Waals surface area contributed by atoms with Gasteiger partial charge in [0.15, 0.2) is 17.1 Å². The van der Waals surface area contributed by atoms with Crippen molar-refractivity contribution in [1.82, 2.24) is 19.5 Å². The number of alkyl halides is 2. The number of imidazole rings is 1. The standard InChI is InChI=1S/C26H20ClF2N5O2/c27-19-11-20-25(32-14-19)34(22-9-7-17(12-30)13-31-22)23(33-20)10-8-18-5-2-6-21(36-26(28)29)24(18)35-15-16-3-1-4-16/h2,5-11,13-14,16,26H,1,3-4,15H2/b10-8+. The molecular weight excluding hydrogens is 488 g/mol. The van der Waals surface area contributed by atoms with Crippen molar-refractivity contribution < 1.29 is 18.3 Å². The molecule has 4 aromatic rings. The van der Waals surface area contributed by atoms with Crippen LogP contribution < -0.4 is 9.47 Å². The summed E-state index contributed by atoms with van der Waals surface area (Å²) >= 11 is 6.12. The van der Waals surface area contributed by atoms with Gasteiger partial charge in [0.05, 0.1) is 17.2 Å². The van der Waals surface area contributed by atoms with Gasteiger partial charge in [-0.05, 0) is 55.2 Å². The Hall–Kier alpha value is -4.03. The Morgan fingerprint density at radius 3 is 2.72 bits per heavy atom. The zero-order valence-corrected chi connectivity index (χ0v) is 19.7. The van der Waals surface area contributed by atoms with Crippen LogP contribution in [-0.2, 0) is 0 Å². The van der Waals surface area contributed by atoms with E-state index in [9.17, 15) is 8.78 Å². The Morgan fingerprint density at radius 2 is 2.03 bits per heavy atom. The van der Waals surface area contributed by atoms with Crippen molar-refractivity contribution in [3.8, 4) is 23.4 Å². The molecule has 1 aliphatic rings. The van der Waals surface area contributed by atoms with Gasteiger partial charge in [-0.2, -0.15) is 14.0 Å². The summed E-state index contributed by atoms with van der Waals surface area (Å²) in [6, 6.07) is 11.9. The Bertz CT molecular complexity index is 1460. The van der Waals surface area contributed by atoms with Gasteiger partial charge in [-0.1, -0.05) is 30.2 Å². The fourth-order valence-electron chi connectivity index (χ4n) is 3.91. The Labute approximate surface area is 210 Å². The number of para-hydroxylation sites is 1. The highest BCUT2D eigenvalue weighted by Crippen LogP contribution is 2.36. The normalized spacial score (nSPS) is 13.8. The zero-order chi connectivity index (χ0) is 25.1. The summed E-state index contributed by atoms with van der Waals surface area (Å²) < 4.78 is 38.5. The first-order valence-corrected chi connectivity index (χ1v) is 11.7. The molecule has 10 heteroatoms. The second-order valence-corrected chi connectivity index (χ2v) is 8.75. The highest BCUT2D eigenvalue weighted by Gasteiger charge is 2.21. The van der Waals surface area contributed by atoms with Crippen molar-refractivity contribution in [3.05, 3.63) is 70.8 Å². The fraction of sp³-hybridized carbons (Fsp3) is 0.231. The van der Waals surface area contributed by atoms with E-state index in [2.05, 4.69) is 15.0 Å². The predicted molar refractivity (Wildman–Crippen MR) is 131 cm³/mol. The highest BCUT2D eigenvalue weighted by molar-refractivity contribution is 6.31. The van der Waals surface area contributed by atoms with Crippen LogP contribution in [0.4, 0.5) is 8.78 Å². The Kier molecular flexibility index (Phi) is 6.78. The van der Waals surface area contributed by atoms with Gasteiger partial charge in [0, 0.05) is 18.0 Å². The molecule has 3 heterocycles. The highest BCUT2D eigenvalue weighted by atomic mass is 35.5. The molecule has 1 saturated carbocycles. The van der Waals surface area contributed by atoms with Crippen LogP contribution in [0.3, 0.4) is 0 Å². The molecular formula is C26H20ClF2N5O2. The first kappa shape index (κ1) is 23.7. The molecule has 36 heavy (non-hydrogen) atoms. The molecule has 182 valence electrons. The molecule has 5 rings (SSSR count). The summed E-state index contributed by atoms with van der Waals surface area (Å²) in [5.41, 5.74) is 2.04. The predicted octanol–water partition coefficient (Wildman–Crippen LogP) is 6.29. The van der Waals surface area contributed by atoms with Crippen molar-refractivity contribution >= 4 is 34.9 Å². The average molecular weight is 508 g/mol. The van der Waals surface area contributed by atoms with Crippen LogP contribution in [0.2, 0.25) is 5.02 Å². The number of nitriles is 1. The lowest BCUT2D eigenvalue weighted by atomic mass is 9.86. The molecule has 0 aliphatic heterocycles. The summed E-state index contributed by atoms with van der Waals surface area (Å²) in [5, 5.41) is 9.54. The minimum Gasteiger partial charge on any atom is -0.489 e. The fourth-order valence-corrected chi connectivity index (χ4v) is 4.06. The molecule has 0 bridgehead atoms. The van der Waals surface area contributed by atoms with Crippen LogP contribution in [0.1, 0.15) is 36.2 Å². The molecule has 1 fully saturated rings. The number of hydrogen-bond donors (Lipinski definition) is 0. The van der Waals surface area contributed by atoms with Crippen molar-refractivity contribution in [1.29, 1.82) is 5.26 Å². The lowest BCUT2D eigenvalue weighted by molar-refractivity contribution is -0.0517. The van der Waals surface area contributed by atoms with Gasteiger partial charge in [-0.3, -0.25) is 4.57 Å². The van der Waals surface area contributed by atoms with Crippen LogP contribution in [-0.4, -0.2) is 32.7 Å². The number of halogens is 3. The van der Waals surface area contributed by atoms with Gasteiger partial charge in [0.1, 0.15) is 23.2 Å². The van der Waals surface area contributed by atoms with Gasteiger partial charge in [-0.15, -0.1) is 0 Å². The molecule has 0 N–H and O–H groups in total. The van der Waals surface area contributed by atoms with Gasteiger partial charge in [0.2, 0.25) is 0 Å². The third-order valence-corrected chi connectivity index (χ3v) is 6.13. The molecule has 0 spiro atoms. The van der Waals surface area contributed by atoms with Crippen molar-refractivity contribution in [2.75, 3.05) is 6.61 Å². The third kappa shape index (κ3) is 4.99. The van der Waals surface area contributed by atoms with Crippen LogP contribution in [0.5, 0.6) is 11.5 Å². The zero-order valence-electron chi connectivity index (χ0n) is 18.9. The lowest BCUT2D eigenvalue weighted by Gasteiger charge is -2.26. The van der Waals surface area contributed by atoms with Crippen molar-refractivity contribution in [2.24, 2.45) is 5.92 Å². The van der Waals surface area contributed by atoms with Crippen LogP contribution in [0.15, 0.2) is 48.8 Å². The number of pyridine rings is 2. The summed E-state index contributed by atoms with van der Waals surface area (Å²) in [5.74, 6) is 1.61. The minimum atomic E-state index is -2.97. The topological polar surface area (TPSA) is 85.9 Å². The van der Waals surface area contributed by atoms with E-state index >= 15 is 0 Å². The van der Waals surface area contributed by atoms with E-state index in [4.69, 9.17) is 26.3 Å². The molecule has 1 aromatic carbocycles. The number of nitrogens with zero attached hydrogens (tertiary/aromatic N) is 5. The largest absolute Gasteiger partial charge is 0.489 e. The maximum atomic E-state index is 13.1. The minimum absolute atomic E-state index is 0.0258. The molecule has 0 atom stereocenters. The maximum Gasteiger partial charge on any atom is 0.387 e. The molecule has 1 aliphatic carbocycles. The van der Waals surface area contributed by atoms with Crippen LogP contribution in [0, 0.1) is 17.2 Å². The van der Waals surface area contributed by atoms with Crippen LogP contribution >= 0.6 is 11.6 Å². The maximum absolute atomic E-state index is 13.1. The first-order chi connectivity index (χ1) is 17.5. The van der Waals surface area contributed by atoms with E-state index in [1.807, 2.05) is 6.07 Å². The van der Waals surface area contributed by atoms with Crippen molar-refractivity contribution in [2.45, 2.75) is 25.9 Å². The number of aromatic nitrogens is 4. The van der Waals surface area contributed by atoms with E-state index in [0.29, 0.717) is 51.5 Å². The molecule has 3 aromatic heterocycles. The summed E-state index contributed by atoms with van der Waals surface area (Å²) in [4.78, 5) is 13.4. The van der Waals surface area contributed by atoms with Gasteiger partial charge in [0.25, 0.3) is 0 Å². The van der Waals surface area contributed by atoms with E-state index < -0.39 is 6.61 Å². The molecule has 0 saturated heterocycles. The Balaban J connectivity index is 1.56. The van der Waals surface area contributed by atoms with Crippen LogP contribution in [0.25, 0.3) is 29.1 Å². The number of ether oxygens (including phenoxy) is 2.